The second-order valence-electron chi connectivity index (χ2n) is 7.17. The van der Waals surface area contributed by atoms with Crippen molar-refractivity contribution in [2.75, 3.05) is 0 Å². The van der Waals surface area contributed by atoms with Gasteiger partial charge in [0.15, 0.2) is 5.82 Å². The Bertz CT molecular complexity index is 1510. The fourth-order valence-corrected chi connectivity index (χ4v) is 4.26. The summed E-state index contributed by atoms with van der Waals surface area (Å²) in [5.41, 5.74) is 0.208. The van der Waals surface area contributed by atoms with Crippen molar-refractivity contribution in [3.63, 3.8) is 0 Å². The van der Waals surface area contributed by atoms with E-state index in [0.29, 0.717) is 16.1 Å². The van der Waals surface area contributed by atoms with Gasteiger partial charge in [0.25, 0.3) is 10.1 Å². The highest BCUT2D eigenvalue weighted by Gasteiger charge is 2.34. The van der Waals surface area contributed by atoms with Crippen molar-refractivity contribution in [3.8, 4) is 33.8 Å². The Kier molecular flexibility index (Phi) is 6.39. The molecule has 1 aromatic heterocycles. The minimum atomic E-state index is -4.74. The third kappa shape index (κ3) is 5.23. The first kappa shape index (κ1) is 24.2. The van der Waals surface area contributed by atoms with E-state index in [4.69, 9.17) is 23.2 Å². The van der Waals surface area contributed by atoms with Gasteiger partial charge in [0, 0.05) is 16.1 Å². The Labute approximate surface area is 202 Å². The molecule has 0 aliphatic carbocycles. The van der Waals surface area contributed by atoms with E-state index >= 15 is 0 Å². The van der Waals surface area contributed by atoms with Crippen LogP contribution in [0.25, 0.3) is 33.8 Å². The Balaban J connectivity index is 1.87. The van der Waals surface area contributed by atoms with Gasteiger partial charge in [-0.2, -0.15) is 21.6 Å². The number of aromatic nitrogens is 2. The number of alkyl halides is 3. The van der Waals surface area contributed by atoms with Gasteiger partial charge in [0.2, 0.25) is 0 Å². The molecule has 0 unspecified atom stereocenters. The maximum Gasteiger partial charge on any atom is 0.433 e. The Morgan fingerprint density at radius 2 is 1.44 bits per heavy atom. The van der Waals surface area contributed by atoms with Crippen LogP contribution in [0.3, 0.4) is 0 Å². The predicted octanol–water partition coefficient (Wildman–Crippen LogP) is 7.05. The minimum absolute atomic E-state index is 0.0437. The lowest BCUT2D eigenvalue weighted by Crippen LogP contribution is -2.10. The molecule has 0 spiro atoms. The molecular formula is C23H13Cl2F3N2O3S. The number of hydrogen-bond donors (Lipinski definition) is 1. The van der Waals surface area contributed by atoms with Crippen LogP contribution in [-0.2, 0) is 16.3 Å². The van der Waals surface area contributed by atoms with Crippen molar-refractivity contribution in [2.24, 2.45) is 0 Å². The van der Waals surface area contributed by atoms with E-state index in [1.54, 1.807) is 18.2 Å². The Hall–Kier alpha value is -2.98. The number of benzene rings is 3. The van der Waals surface area contributed by atoms with E-state index in [2.05, 4.69) is 9.97 Å². The van der Waals surface area contributed by atoms with Gasteiger partial charge in [-0.05, 0) is 53.6 Å². The summed E-state index contributed by atoms with van der Waals surface area (Å²) in [6, 6.07) is 16.9. The predicted molar refractivity (Wildman–Crippen MR) is 123 cm³/mol. The molecule has 0 saturated heterocycles. The van der Waals surface area contributed by atoms with Crippen LogP contribution in [0.2, 0.25) is 10.0 Å². The van der Waals surface area contributed by atoms with E-state index in [1.165, 1.54) is 48.5 Å². The number of rotatable bonds is 4. The van der Waals surface area contributed by atoms with Gasteiger partial charge in [0.1, 0.15) is 5.69 Å². The molecular weight excluding hydrogens is 512 g/mol. The smallest absolute Gasteiger partial charge is 0.282 e. The molecule has 0 atom stereocenters. The maximum absolute atomic E-state index is 13.6. The summed E-state index contributed by atoms with van der Waals surface area (Å²) < 4.78 is 73.1. The lowest BCUT2D eigenvalue weighted by molar-refractivity contribution is -0.141. The number of halogens is 5. The van der Waals surface area contributed by atoms with Gasteiger partial charge >= 0.3 is 6.18 Å². The van der Waals surface area contributed by atoms with Crippen molar-refractivity contribution >= 4 is 33.3 Å². The van der Waals surface area contributed by atoms with Crippen LogP contribution in [0.15, 0.2) is 77.7 Å². The van der Waals surface area contributed by atoms with Crippen LogP contribution >= 0.6 is 23.2 Å². The molecule has 1 N–H and O–H groups in total. The standard InChI is InChI=1S/C23H13Cl2F3N2O3S/c24-16-7-8-18(19(25)11-16)20-12-21(23(26,27)28)30-22(29-20)15-5-1-3-13(9-15)14-4-2-6-17(10-14)34(31,32)33/h1-12H,(H,31,32,33). The molecule has 0 radical (unpaired) electrons. The Morgan fingerprint density at radius 3 is 2.09 bits per heavy atom. The summed E-state index contributed by atoms with van der Waals surface area (Å²) in [5.74, 6) is -0.205. The monoisotopic (exact) mass is 524 g/mol. The zero-order valence-electron chi connectivity index (χ0n) is 16.9. The van der Waals surface area contributed by atoms with Crippen LogP contribution in [-0.4, -0.2) is 22.9 Å². The van der Waals surface area contributed by atoms with Gasteiger partial charge < -0.3 is 0 Å². The van der Waals surface area contributed by atoms with E-state index in [0.717, 1.165) is 6.07 Å². The van der Waals surface area contributed by atoms with Crippen LogP contribution in [0.4, 0.5) is 13.2 Å². The average Bonchev–Trinajstić information content (AvgIpc) is 2.78. The molecule has 5 nitrogen and oxygen atoms in total. The van der Waals surface area contributed by atoms with Gasteiger partial charge in [-0.25, -0.2) is 9.97 Å². The quantitative estimate of drug-likeness (QED) is 0.289. The van der Waals surface area contributed by atoms with Gasteiger partial charge in [0.05, 0.1) is 15.6 Å². The molecule has 11 heteroatoms. The summed E-state index contributed by atoms with van der Waals surface area (Å²) in [7, 11) is -4.43. The van der Waals surface area contributed by atoms with Gasteiger partial charge in [-0.1, -0.05) is 53.5 Å². The summed E-state index contributed by atoms with van der Waals surface area (Å²) >= 11 is 12.1. The lowest BCUT2D eigenvalue weighted by Gasteiger charge is -2.12. The SMILES string of the molecule is O=S(=O)(O)c1cccc(-c2cccc(-c3nc(-c4ccc(Cl)cc4Cl)cc(C(F)(F)F)n3)c2)c1. The van der Waals surface area contributed by atoms with Crippen molar-refractivity contribution in [2.45, 2.75) is 11.1 Å². The summed E-state index contributed by atoms with van der Waals surface area (Å²) in [5, 5.41) is 0.444. The Morgan fingerprint density at radius 1 is 0.794 bits per heavy atom. The summed E-state index contributed by atoms with van der Waals surface area (Å²) in [6.45, 7) is 0. The van der Waals surface area contributed by atoms with Crippen molar-refractivity contribution in [3.05, 3.63) is 88.5 Å². The maximum atomic E-state index is 13.6. The third-order valence-corrected chi connectivity index (χ3v) is 6.21. The molecule has 3 aromatic carbocycles. The van der Waals surface area contributed by atoms with E-state index in [1.807, 2.05) is 0 Å². The molecule has 0 saturated carbocycles. The van der Waals surface area contributed by atoms with Crippen LogP contribution in [0.1, 0.15) is 5.69 Å². The normalized spacial score (nSPS) is 12.1. The van der Waals surface area contributed by atoms with E-state index in [-0.39, 0.29) is 32.6 Å². The highest BCUT2D eigenvalue weighted by atomic mass is 35.5. The second-order valence-corrected chi connectivity index (χ2v) is 9.43. The van der Waals surface area contributed by atoms with Gasteiger partial charge in [-0.3, -0.25) is 4.55 Å². The highest BCUT2D eigenvalue weighted by Crippen LogP contribution is 2.36. The highest BCUT2D eigenvalue weighted by molar-refractivity contribution is 7.85. The molecule has 4 rings (SSSR count). The number of nitrogens with zero attached hydrogens (tertiary/aromatic N) is 2. The zero-order valence-corrected chi connectivity index (χ0v) is 19.2. The van der Waals surface area contributed by atoms with Crippen LogP contribution < -0.4 is 0 Å². The molecule has 0 aliphatic rings. The first-order valence-electron chi connectivity index (χ1n) is 9.52. The molecule has 0 fully saturated rings. The largest absolute Gasteiger partial charge is 0.433 e. The third-order valence-electron chi connectivity index (χ3n) is 4.81. The molecule has 0 aliphatic heterocycles. The first-order valence-corrected chi connectivity index (χ1v) is 11.7. The fourth-order valence-electron chi connectivity index (χ4n) is 3.23. The molecule has 4 aromatic rings. The fraction of sp³-hybridized carbons (Fsp3) is 0.0435. The molecule has 0 amide bonds. The zero-order chi connectivity index (χ0) is 24.7. The molecule has 0 bridgehead atoms. The first-order chi connectivity index (χ1) is 15.9. The lowest BCUT2D eigenvalue weighted by atomic mass is 10.0. The molecule has 1 heterocycles. The second kappa shape index (κ2) is 8.99. The molecule has 174 valence electrons. The van der Waals surface area contributed by atoms with Crippen molar-refractivity contribution in [1.82, 2.24) is 9.97 Å². The van der Waals surface area contributed by atoms with Crippen LogP contribution in [0.5, 0.6) is 0 Å². The van der Waals surface area contributed by atoms with Gasteiger partial charge in [-0.15, -0.1) is 0 Å². The summed E-state index contributed by atoms with van der Waals surface area (Å²) in [6.07, 6.45) is -4.74. The van der Waals surface area contributed by atoms with Crippen LogP contribution in [0, 0.1) is 0 Å². The van der Waals surface area contributed by atoms with E-state index < -0.39 is 22.0 Å². The van der Waals surface area contributed by atoms with Crippen molar-refractivity contribution in [1.29, 1.82) is 0 Å². The average molecular weight is 525 g/mol. The minimum Gasteiger partial charge on any atom is -0.282 e. The topological polar surface area (TPSA) is 80.2 Å². The van der Waals surface area contributed by atoms with Crippen molar-refractivity contribution < 1.29 is 26.1 Å². The number of hydrogen-bond acceptors (Lipinski definition) is 4. The van der Waals surface area contributed by atoms with E-state index in [9.17, 15) is 26.1 Å². The summed E-state index contributed by atoms with van der Waals surface area (Å²) in [4.78, 5) is 7.68. The molecule has 34 heavy (non-hydrogen) atoms.